The van der Waals surface area contributed by atoms with Gasteiger partial charge in [0.15, 0.2) is 5.78 Å². The van der Waals surface area contributed by atoms with E-state index in [4.69, 9.17) is 5.11 Å². The van der Waals surface area contributed by atoms with E-state index in [-0.39, 0.29) is 29.5 Å². The van der Waals surface area contributed by atoms with Gasteiger partial charge in [0.25, 0.3) is 0 Å². The van der Waals surface area contributed by atoms with E-state index in [1.807, 2.05) is 0 Å². The lowest BCUT2D eigenvalue weighted by molar-refractivity contribution is 0.0844. The lowest BCUT2D eigenvalue weighted by Crippen LogP contribution is -2.09. The molecule has 0 aliphatic heterocycles. The number of hydrogen-bond acceptors (Lipinski definition) is 4. The summed E-state index contributed by atoms with van der Waals surface area (Å²) < 4.78 is 4.68. The van der Waals surface area contributed by atoms with Gasteiger partial charge in [0, 0.05) is 13.2 Å². The molecular weight excluding hydrogens is 184 g/mol. The first kappa shape index (κ1) is 10.5. The van der Waals surface area contributed by atoms with E-state index in [1.54, 1.807) is 6.92 Å². The zero-order valence-corrected chi connectivity index (χ0v) is 8.07. The number of hydrogen-bond donors (Lipinski definition) is 2. The lowest BCUT2D eigenvalue weighted by atomic mass is 10.0. The van der Waals surface area contributed by atoms with Crippen molar-refractivity contribution in [2.45, 2.75) is 6.92 Å². The fraction of sp³-hybridized carbons (Fsp3) is 0.300. The van der Waals surface area contributed by atoms with Gasteiger partial charge >= 0.3 is 0 Å². The molecule has 1 aromatic carbocycles. The average molecular weight is 196 g/mol. The predicted molar refractivity (Wildman–Crippen MR) is 50.7 cm³/mol. The van der Waals surface area contributed by atoms with Crippen LogP contribution in [0.4, 0.5) is 0 Å². The Bertz CT molecular complexity index is 334. The Morgan fingerprint density at radius 2 is 2.07 bits per heavy atom. The molecule has 0 heterocycles. The van der Waals surface area contributed by atoms with Crippen molar-refractivity contribution in [3.05, 3.63) is 23.3 Å². The molecule has 0 saturated carbocycles. The molecule has 0 bridgehead atoms. The smallest absolute Gasteiger partial charge is 0.192 e. The fourth-order valence-corrected chi connectivity index (χ4v) is 1.32. The average Bonchev–Trinajstić information content (AvgIpc) is 2.01. The van der Waals surface area contributed by atoms with Gasteiger partial charge in [-0.05, 0) is 18.6 Å². The second kappa shape index (κ2) is 4.11. The van der Waals surface area contributed by atoms with Gasteiger partial charge in [-0.2, -0.15) is 0 Å². The highest BCUT2D eigenvalue weighted by Crippen LogP contribution is 2.26. The number of aryl methyl sites for hydroxylation is 1. The zero-order chi connectivity index (χ0) is 10.7. The van der Waals surface area contributed by atoms with Gasteiger partial charge < -0.3 is 14.9 Å². The molecule has 2 N–H and O–H groups in total. The molecule has 76 valence electrons. The Morgan fingerprint density at radius 3 is 2.57 bits per heavy atom. The highest BCUT2D eigenvalue weighted by molar-refractivity contribution is 6.01. The van der Waals surface area contributed by atoms with Gasteiger partial charge in [-0.1, -0.05) is 0 Å². The van der Waals surface area contributed by atoms with E-state index < -0.39 is 0 Å². The number of carbonyl (C=O) groups is 1. The van der Waals surface area contributed by atoms with Crippen LogP contribution in [0.3, 0.4) is 0 Å². The van der Waals surface area contributed by atoms with Gasteiger partial charge in [-0.3, -0.25) is 4.79 Å². The van der Waals surface area contributed by atoms with Crippen LogP contribution in [0.2, 0.25) is 0 Å². The summed E-state index contributed by atoms with van der Waals surface area (Å²) >= 11 is 0. The van der Waals surface area contributed by atoms with Crippen LogP contribution in [0.1, 0.15) is 15.9 Å². The molecule has 1 rings (SSSR count). The normalized spacial score (nSPS) is 10.1. The maximum Gasteiger partial charge on any atom is 0.192 e. The molecule has 0 unspecified atom stereocenters. The van der Waals surface area contributed by atoms with Crippen molar-refractivity contribution in [2.75, 3.05) is 13.7 Å². The molecule has 14 heavy (non-hydrogen) atoms. The van der Waals surface area contributed by atoms with E-state index in [0.29, 0.717) is 5.56 Å². The summed E-state index contributed by atoms with van der Waals surface area (Å²) in [6, 6.07) is 2.55. The third-order valence-corrected chi connectivity index (χ3v) is 1.85. The Kier molecular flexibility index (Phi) is 3.09. The number of rotatable bonds is 3. The topological polar surface area (TPSA) is 66.8 Å². The number of benzene rings is 1. The van der Waals surface area contributed by atoms with Crippen LogP contribution >= 0.6 is 0 Å². The second-order valence-electron chi connectivity index (χ2n) is 3.01. The number of methoxy groups -OCH3 is 1. The van der Waals surface area contributed by atoms with E-state index in [9.17, 15) is 9.90 Å². The first-order valence-corrected chi connectivity index (χ1v) is 4.11. The molecule has 0 aliphatic carbocycles. The van der Waals surface area contributed by atoms with Crippen LogP contribution in [0.15, 0.2) is 12.1 Å². The summed E-state index contributed by atoms with van der Waals surface area (Å²) in [4.78, 5) is 11.4. The molecule has 0 aliphatic rings. The Balaban J connectivity index is 3.14. The largest absolute Gasteiger partial charge is 0.508 e. The number of Topliss-reactive ketones (excluding diaryl/α,β-unsaturated/α-hetero) is 1. The van der Waals surface area contributed by atoms with E-state index >= 15 is 0 Å². The molecule has 1 aromatic rings. The molecule has 0 radical (unpaired) electrons. The van der Waals surface area contributed by atoms with Gasteiger partial charge in [-0.15, -0.1) is 0 Å². The number of ether oxygens (including phenoxy) is 1. The van der Waals surface area contributed by atoms with E-state index in [0.717, 1.165) is 6.07 Å². The number of ketones is 1. The Morgan fingerprint density at radius 1 is 1.43 bits per heavy atom. The van der Waals surface area contributed by atoms with Gasteiger partial charge in [0.1, 0.15) is 18.1 Å². The van der Waals surface area contributed by atoms with Gasteiger partial charge in [-0.25, -0.2) is 0 Å². The van der Waals surface area contributed by atoms with Gasteiger partial charge in [0.05, 0.1) is 5.56 Å². The third kappa shape index (κ3) is 2.03. The molecule has 4 nitrogen and oxygen atoms in total. The summed E-state index contributed by atoms with van der Waals surface area (Å²) in [5, 5.41) is 18.6. The number of aromatic hydroxyl groups is 2. The van der Waals surface area contributed by atoms with Crippen molar-refractivity contribution in [3.8, 4) is 11.5 Å². The highest BCUT2D eigenvalue weighted by Gasteiger charge is 2.14. The van der Waals surface area contributed by atoms with Crippen LogP contribution in [0.25, 0.3) is 0 Å². The minimum Gasteiger partial charge on any atom is -0.508 e. The molecule has 0 aromatic heterocycles. The first-order chi connectivity index (χ1) is 6.56. The molecule has 0 amide bonds. The summed E-state index contributed by atoms with van der Waals surface area (Å²) in [7, 11) is 1.41. The number of phenolic OH excluding ortho intramolecular Hbond substituents is 2. The minimum absolute atomic E-state index is 0.0611. The second-order valence-corrected chi connectivity index (χ2v) is 3.01. The number of phenols is 2. The van der Waals surface area contributed by atoms with Crippen molar-refractivity contribution in [1.82, 2.24) is 0 Å². The quantitative estimate of drug-likeness (QED) is 0.713. The third-order valence-electron chi connectivity index (χ3n) is 1.85. The van der Waals surface area contributed by atoms with Crippen LogP contribution in [-0.4, -0.2) is 29.7 Å². The minimum atomic E-state index is -0.303. The zero-order valence-electron chi connectivity index (χ0n) is 8.07. The lowest BCUT2D eigenvalue weighted by Gasteiger charge is -2.07. The molecular formula is C10H12O4. The van der Waals surface area contributed by atoms with Crippen molar-refractivity contribution in [3.63, 3.8) is 0 Å². The Labute approximate surface area is 81.8 Å². The highest BCUT2D eigenvalue weighted by atomic mass is 16.5. The van der Waals surface area contributed by atoms with E-state index in [1.165, 1.54) is 13.2 Å². The van der Waals surface area contributed by atoms with Crippen LogP contribution in [-0.2, 0) is 4.74 Å². The Hall–Kier alpha value is -1.55. The molecule has 0 fully saturated rings. The maximum absolute atomic E-state index is 11.4. The van der Waals surface area contributed by atoms with Crippen molar-refractivity contribution >= 4 is 5.78 Å². The maximum atomic E-state index is 11.4. The number of carbonyl (C=O) groups excluding carboxylic acids is 1. The van der Waals surface area contributed by atoms with E-state index in [2.05, 4.69) is 4.74 Å². The van der Waals surface area contributed by atoms with Crippen molar-refractivity contribution in [1.29, 1.82) is 0 Å². The predicted octanol–water partition coefficient (Wildman–Crippen LogP) is 1.24. The summed E-state index contributed by atoms with van der Waals surface area (Å²) in [5.74, 6) is -0.582. The fourth-order valence-electron chi connectivity index (χ4n) is 1.32. The summed E-state index contributed by atoms with van der Waals surface area (Å²) in [5.41, 5.74) is 0.731. The van der Waals surface area contributed by atoms with Crippen molar-refractivity contribution < 1.29 is 19.7 Å². The monoisotopic (exact) mass is 196 g/mol. The van der Waals surface area contributed by atoms with Gasteiger partial charge in [0.2, 0.25) is 0 Å². The van der Waals surface area contributed by atoms with Crippen molar-refractivity contribution in [2.24, 2.45) is 0 Å². The van der Waals surface area contributed by atoms with Crippen LogP contribution in [0.5, 0.6) is 11.5 Å². The molecule has 0 atom stereocenters. The standard InChI is InChI=1S/C10H12O4/c1-6-3-7(11)4-8(12)10(6)9(13)5-14-2/h3-4,11-12H,5H2,1-2H3. The summed E-state index contributed by atoms with van der Waals surface area (Å²) in [6.07, 6.45) is 0. The molecule has 0 saturated heterocycles. The SMILES string of the molecule is COCC(=O)c1c(C)cc(O)cc1O. The van der Waals surface area contributed by atoms with Crippen LogP contribution in [0, 0.1) is 6.92 Å². The molecule has 4 heteroatoms. The molecule has 0 spiro atoms. The first-order valence-electron chi connectivity index (χ1n) is 4.11. The van der Waals surface area contributed by atoms with Crippen LogP contribution < -0.4 is 0 Å². The summed E-state index contributed by atoms with van der Waals surface area (Å²) in [6.45, 7) is 1.56.